The number of nitrogen functional groups attached to an aromatic ring is 1. The number of carbonyl (C=O) groups is 1. The fraction of sp³-hybridized carbons (Fsp3) is 0.533. The van der Waals surface area contributed by atoms with Gasteiger partial charge in [0.2, 0.25) is 0 Å². The molecule has 1 atom stereocenters. The normalized spacial score (nSPS) is 21.3. The molecule has 1 aromatic carbocycles. The second-order valence-corrected chi connectivity index (χ2v) is 5.68. The minimum absolute atomic E-state index is 0.0100. The number of hydrogen-bond donors (Lipinski definition) is 1. The molecule has 1 saturated heterocycles. The minimum Gasteiger partial charge on any atom is -0.459 e. The summed E-state index contributed by atoms with van der Waals surface area (Å²) in [5.74, 6) is -0.371. The van der Waals surface area contributed by atoms with E-state index in [-0.39, 0.29) is 24.3 Å². The maximum absolute atomic E-state index is 12.0. The summed E-state index contributed by atoms with van der Waals surface area (Å²) in [5, 5.41) is 0. The number of hydrogen-bond acceptors (Lipinski definition) is 4. The standard InChI is InChI=1S/C15H21NO3/c1-10-5-4-6-12(16)13(10)14(17)18-9-11-7-8-15(2,3)19-11/h4-6,11H,7-9,16H2,1-3H3. The number of carbonyl (C=O) groups excluding carboxylic acids is 1. The highest BCUT2D eigenvalue weighted by molar-refractivity contribution is 5.96. The number of aryl methyl sites for hydroxylation is 1. The fourth-order valence-corrected chi connectivity index (χ4v) is 2.41. The molecule has 1 fully saturated rings. The van der Waals surface area contributed by atoms with Gasteiger partial charge in [-0.2, -0.15) is 0 Å². The largest absolute Gasteiger partial charge is 0.459 e. The molecule has 1 aliphatic rings. The molecule has 1 aromatic rings. The molecule has 0 radical (unpaired) electrons. The summed E-state index contributed by atoms with van der Waals surface area (Å²) >= 11 is 0. The summed E-state index contributed by atoms with van der Waals surface area (Å²) in [6.07, 6.45) is 1.90. The zero-order valence-electron chi connectivity index (χ0n) is 11.7. The first kappa shape index (κ1) is 13.9. The SMILES string of the molecule is Cc1cccc(N)c1C(=O)OCC1CCC(C)(C)O1. The van der Waals surface area contributed by atoms with Crippen LogP contribution < -0.4 is 5.73 Å². The fourth-order valence-electron chi connectivity index (χ4n) is 2.41. The van der Waals surface area contributed by atoms with Gasteiger partial charge in [-0.3, -0.25) is 0 Å². The van der Waals surface area contributed by atoms with E-state index in [9.17, 15) is 4.79 Å². The van der Waals surface area contributed by atoms with Gasteiger partial charge in [-0.25, -0.2) is 4.79 Å². The number of anilines is 1. The smallest absolute Gasteiger partial charge is 0.340 e. The molecule has 0 amide bonds. The topological polar surface area (TPSA) is 61.6 Å². The molecule has 0 bridgehead atoms. The third-order valence-corrected chi connectivity index (χ3v) is 3.46. The third kappa shape index (κ3) is 3.26. The number of ether oxygens (including phenoxy) is 2. The first-order valence-electron chi connectivity index (χ1n) is 6.59. The summed E-state index contributed by atoms with van der Waals surface area (Å²) in [6.45, 7) is 6.24. The van der Waals surface area contributed by atoms with Crippen LogP contribution in [0.1, 0.15) is 42.6 Å². The summed E-state index contributed by atoms with van der Waals surface area (Å²) in [6, 6.07) is 5.38. The Morgan fingerprint density at radius 1 is 1.53 bits per heavy atom. The molecule has 1 aliphatic heterocycles. The van der Waals surface area contributed by atoms with E-state index in [1.165, 1.54) is 0 Å². The predicted molar refractivity (Wildman–Crippen MR) is 74.1 cm³/mol. The van der Waals surface area contributed by atoms with Crippen molar-refractivity contribution in [2.75, 3.05) is 12.3 Å². The number of rotatable bonds is 3. The van der Waals surface area contributed by atoms with E-state index in [1.54, 1.807) is 6.07 Å². The number of benzene rings is 1. The van der Waals surface area contributed by atoms with Gasteiger partial charge in [-0.15, -0.1) is 0 Å². The van der Waals surface area contributed by atoms with Crippen LogP contribution in [0.15, 0.2) is 18.2 Å². The third-order valence-electron chi connectivity index (χ3n) is 3.46. The molecule has 4 nitrogen and oxygen atoms in total. The molecular weight excluding hydrogens is 242 g/mol. The van der Waals surface area contributed by atoms with Crippen LogP contribution in [0.4, 0.5) is 5.69 Å². The van der Waals surface area contributed by atoms with Crippen molar-refractivity contribution >= 4 is 11.7 Å². The Morgan fingerprint density at radius 2 is 2.26 bits per heavy atom. The molecule has 4 heteroatoms. The first-order chi connectivity index (χ1) is 8.89. The number of esters is 1. The van der Waals surface area contributed by atoms with Gasteiger partial charge in [0.15, 0.2) is 0 Å². The van der Waals surface area contributed by atoms with Crippen molar-refractivity contribution in [3.8, 4) is 0 Å². The summed E-state index contributed by atoms with van der Waals surface area (Å²) < 4.78 is 11.1. The van der Waals surface area contributed by atoms with Crippen molar-refractivity contribution in [1.29, 1.82) is 0 Å². The van der Waals surface area contributed by atoms with Gasteiger partial charge >= 0.3 is 5.97 Å². The van der Waals surface area contributed by atoms with Crippen molar-refractivity contribution in [2.45, 2.75) is 45.3 Å². The lowest BCUT2D eigenvalue weighted by atomic mass is 10.1. The Bertz CT molecular complexity index is 462. The van der Waals surface area contributed by atoms with Gasteiger partial charge in [0.1, 0.15) is 6.61 Å². The maximum atomic E-state index is 12.0. The van der Waals surface area contributed by atoms with Crippen LogP contribution in [0, 0.1) is 6.92 Å². The summed E-state index contributed by atoms with van der Waals surface area (Å²) in [4.78, 5) is 12.0. The lowest BCUT2D eigenvalue weighted by molar-refractivity contribution is -0.0444. The predicted octanol–water partition coefficient (Wildman–Crippen LogP) is 2.69. The van der Waals surface area contributed by atoms with E-state index in [4.69, 9.17) is 15.2 Å². The van der Waals surface area contributed by atoms with Crippen molar-refractivity contribution in [3.05, 3.63) is 29.3 Å². The lowest BCUT2D eigenvalue weighted by Gasteiger charge is -2.19. The Labute approximate surface area is 113 Å². The Hall–Kier alpha value is -1.55. The van der Waals surface area contributed by atoms with E-state index >= 15 is 0 Å². The zero-order chi connectivity index (χ0) is 14.0. The molecular formula is C15H21NO3. The highest BCUT2D eigenvalue weighted by Gasteiger charge is 2.32. The van der Waals surface area contributed by atoms with Crippen LogP contribution in [0.25, 0.3) is 0 Å². The molecule has 0 aliphatic carbocycles. The lowest BCUT2D eigenvalue weighted by Crippen LogP contribution is -2.24. The number of nitrogens with two attached hydrogens (primary N) is 1. The van der Waals surface area contributed by atoms with Crippen LogP contribution in [0.2, 0.25) is 0 Å². The molecule has 1 heterocycles. The molecule has 2 rings (SSSR count). The molecule has 2 N–H and O–H groups in total. The van der Waals surface area contributed by atoms with E-state index in [1.807, 2.05) is 32.9 Å². The van der Waals surface area contributed by atoms with Crippen LogP contribution in [-0.2, 0) is 9.47 Å². The molecule has 1 unspecified atom stereocenters. The van der Waals surface area contributed by atoms with Crippen LogP contribution in [0.5, 0.6) is 0 Å². The van der Waals surface area contributed by atoms with E-state index < -0.39 is 0 Å². The molecule has 104 valence electrons. The first-order valence-corrected chi connectivity index (χ1v) is 6.59. The minimum atomic E-state index is -0.371. The van der Waals surface area contributed by atoms with E-state index in [2.05, 4.69) is 0 Å². The van der Waals surface area contributed by atoms with Gasteiger partial charge in [-0.05, 0) is 45.2 Å². The van der Waals surface area contributed by atoms with Gasteiger partial charge in [-0.1, -0.05) is 12.1 Å². The summed E-state index contributed by atoms with van der Waals surface area (Å²) in [7, 11) is 0. The highest BCUT2D eigenvalue weighted by atomic mass is 16.6. The van der Waals surface area contributed by atoms with Gasteiger partial charge < -0.3 is 15.2 Å². The second-order valence-electron chi connectivity index (χ2n) is 5.68. The molecule has 0 saturated carbocycles. The highest BCUT2D eigenvalue weighted by Crippen LogP contribution is 2.29. The Morgan fingerprint density at radius 3 is 2.84 bits per heavy atom. The maximum Gasteiger partial charge on any atom is 0.340 e. The average molecular weight is 263 g/mol. The van der Waals surface area contributed by atoms with Crippen molar-refractivity contribution < 1.29 is 14.3 Å². The van der Waals surface area contributed by atoms with Crippen molar-refractivity contribution in [1.82, 2.24) is 0 Å². The van der Waals surface area contributed by atoms with E-state index in [0.717, 1.165) is 18.4 Å². The Balaban J connectivity index is 1.95. The van der Waals surface area contributed by atoms with Gasteiger partial charge in [0.25, 0.3) is 0 Å². The monoisotopic (exact) mass is 263 g/mol. The van der Waals surface area contributed by atoms with Crippen molar-refractivity contribution in [3.63, 3.8) is 0 Å². The zero-order valence-corrected chi connectivity index (χ0v) is 11.7. The Kier molecular flexibility index (Phi) is 3.80. The van der Waals surface area contributed by atoms with Crippen molar-refractivity contribution in [2.24, 2.45) is 0 Å². The quantitative estimate of drug-likeness (QED) is 0.672. The summed E-state index contributed by atoms with van der Waals surface area (Å²) in [5.41, 5.74) is 7.45. The van der Waals surface area contributed by atoms with Gasteiger partial charge in [0, 0.05) is 5.69 Å². The second kappa shape index (κ2) is 5.21. The van der Waals surface area contributed by atoms with Crippen LogP contribution >= 0.6 is 0 Å². The molecule has 0 aromatic heterocycles. The van der Waals surface area contributed by atoms with Crippen LogP contribution in [-0.4, -0.2) is 24.3 Å². The molecule has 19 heavy (non-hydrogen) atoms. The van der Waals surface area contributed by atoms with Crippen LogP contribution in [0.3, 0.4) is 0 Å². The molecule has 0 spiro atoms. The van der Waals surface area contributed by atoms with E-state index in [0.29, 0.717) is 11.3 Å². The average Bonchev–Trinajstić information content (AvgIpc) is 2.66. The van der Waals surface area contributed by atoms with Gasteiger partial charge in [0.05, 0.1) is 17.3 Å².